The molecule has 1 aromatic heterocycles. The Bertz CT molecular complexity index is 407. The zero-order valence-corrected chi connectivity index (χ0v) is 11.0. The SMILES string of the molecule is Cn1ncc([N+](=O)[O-])c1[C@@H]1CC[C@H](CI)O1. The molecule has 16 heavy (non-hydrogen) atoms. The molecular formula is C9H12IN3O3. The third kappa shape index (κ3) is 2.05. The summed E-state index contributed by atoms with van der Waals surface area (Å²) in [6.45, 7) is 0. The average molecular weight is 337 g/mol. The van der Waals surface area contributed by atoms with E-state index in [0.717, 1.165) is 17.3 Å². The number of nitro groups is 1. The highest BCUT2D eigenvalue weighted by Gasteiger charge is 2.33. The Kier molecular flexibility index (Phi) is 3.43. The van der Waals surface area contributed by atoms with Gasteiger partial charge >= 0.3 is 5.69 Å². The van der Waals surface area contributed by atoms with Crippen molar-refractivity contribution in [3.63, 3.8) is 0 Å². The molecule has 0 unspecified atom stereocenters. The molecule has 0 N–H and O–H groups in total. The van der Waals surface area contributed by atoms with E-state index in [2.05, 4.69) is 27.7 Å². The molecule has 0 radical (unpaired) electrons. The summed E-state index contributed by atoms with van der Waals surface area (Å²) in [4.78, 5) is 10.4. The fourth-order valence-corrected chi connectivity index (χ4v) is 2.62. The van der Waals surface area contributed by atoms with Gasteiger partial charge in [0.1, 0.15) is 18.0 Å². The first-order valence-electron chi connectivity index (χ1n) is 5.01. The van der Waals surface area contributed by atoms with E-state index in [1.807, 2.05) is 0 Å². The number of hydrogen-bond acceptors (Lipinski definition) is 4. The van der Waals surface area contributed by atoms with E-state index >= 15 is 0 Å². The molecule has 2 rings (SSSR count). The predicted octanol–water partition coefficient (Wildman–Crippen LogP) is 1.98. The van der Waals surface area contributed by atoms with Gasteiger partial charge in [-0.3, -0.25) is 14.8 Å². The smallest absolute Gasteiger partial charge is 0.312 e. The van der Waals surface area contributed by atoms with E-state index in [1.165, 1.54) is 6.20 Å². The lowest BCUT2D eigenvalue weighted by atomic mass is 10.1. The van der Waals surface area contributed by atoms with Gasteiger partial charge in [-0.2, -0.15) is 5.10 Å². The third-order valence-electron chi connectivity index (χ3n) is 2.75. The van der Waals surface area contributed by atoms with E-state index in [-0.39, 0.29) is 17.9 Å². The molecule has 1 saturated heterocycles. The van der Waals surface area contributed by atoms with Crippen LogP contribution in [0.5, 0.6) is 0 Å². The number of rotatable bonds is 3. The second-order valence-corrected chi connectivity index (χ2v) is 4.65. The van der Waals surface area contributed by atoms with Crippen molar-refractivity contribution in [3.8, 4) is 0 Å². The molecule has 88 valence electrons. The lowest BCUT2D eigenvalue weighted by Crippen LogP contribution is -2.11. The minimum absolute atomic E-state index is 0.0570. The van der Waals surface area contributed by atoms with E-state index in [9.17, 15) is 10.1 Å². The van der Waals surface area contributed by atoms with E-state index in [4.69, 9.17) is 4.74 Å². The Morgan fingerprint density at radius 3 is 3.06 bits per heavy atom. The molecule has 1 aliphatic heterocycles. The molecule has 0 saturated carbocycles. The van der Waals surface area contributed by atoms with Gasteiger partial charge in [-0.1, -0.05) is 22.6 Å². The van der Waals surface area contributed by atoms with Crippen LogP contribution in [0, 0.1) is 10.1 Å². The summed E-state index contributed by atoms with van der Waals surface area (Å²) in [6.07, 6.45) is 3.09. The predicted molar refractivity (Wildman–Crippen MR) is 65.6 cm³/mol. The molecular weight excluding hydrogens is 325 g/mol. The first-order valence-corrected chi connectivity index (χ1v) is 6.53. The third-order valence-corrected chi connectivity index (χ3v) is 3.73. The summed E-state index contributed by atoms with van der Waals surface area (Å²) in [5.41, 5.74) is 0.638. The summed E-state index contributed by atoms with van der Waals surface area (Å²) in [5, 5.41) is 14.8. The minimum Gasteiger partial charge on any atom is -0.368 e. The molecule has 1 aliphatic rings. The van der Waals surface area contributed by atoms with E-state index < -0.39 is 4.92 Å². The van der Waals surface area contributed by atoms with Gasteiger partial charge in [0.25, 0.3) is 0 Å². The lowest BCUT2D eigenvalue weighted by molar-refractivity contribution is -0.386. The molecule has 1 fully saturated rings. The average Bonchev–Trinajstić information content (AvgIpc) is 2.83. The van der Waals surface area contributed by atoms with E-state index in [0.29, 0.717) is 5.69 Å². The maximum Gasteiger partial charge on any atom is 0.312 e. The van der Waals surface area contributed by atoms with Crippen molar-refractivity contribution in [3.05, 3.63) is 22.0 Å². The number of hydrogen-bond donors (Lipinski definition) is 0. The van der Waals surface area contributed by atoms with Gasteiger partial charge < -0.3 is 4.74 Å². The van der Waals surface area contributed by atoms with Gasteiger partial charge in [-0.05, 0) is 12.8 Å². The fraction of sp³-hybridized carbons (Fsp3) is 0.667. The van der Waals surface area contributed by atoms with Crippen LogP contribution in [0.4, 0.5) is 5.69 Å². The first kappa shape index (κ1) is 11.8. The van der Waals surface area contributed by atoms with Gasteiger partial charge in [0.05, 0.1) is 11.0 Å². The molecule has 0 aliphatic carbocycles. The molecule has 0 aromatic carbocycles. The second kappa shape index (κ2) is 4.66. The lowest BCUT2D eigenvalue weighted by Gasteiger charge is -2.11. The monoisotopic (exact) mass is 337 g/mol. The molecule has 0 spiro atoms. The van der Waals surface area contributed by atoms with Gasteiger partial charge in [0.15, 0.2) is 0 Å². The minimum atomic E-state index is -0.400. The summed E-state index contributed by atoms with van der Waals surface area (Å²) in [5.74, 6) is 0. The number of alkyl halides is 1. The van der Waals surface area contributed by atoms with Crippen molar-refractivity contribution in [1.82, 2.24) is 9.78 Å². The fourth-order valence-electron chi connectivity index (χ4n) is 1.97. The summed E-state index contributed by atoms with van der Waals surface area (Å²) < 4.78 is 8.21. The van der Waals surface area contributed by atoms with Crippen LogP contribution in [0.25, 0.3) is 0 Å². The van der Waals surface area contributed by atoms with Gasteiger partial charge in [0.2, 0.25) is 0 Å². The van der Waals surface area contributed by atoms with Crippen molar-refractivity contribution in [1.29, 1.82) is 0 Å². The quantitative estimate of drug-likeness (QED) is 0.366. The zero-order valence-electron chi connectivity index (χ0n) is 8.80. The number of ether oxygens (including phenoxy) is 1. The Morgan fingerprint density at radius 1 is 1.75 bits per heavy atom. The van der Waals surface area contributed by atoms with Crippen molar-refractivity contribution < 1.29 is 9.66 Å². The van der Waals surface area contributed by atoms with E-state index in [1.54, 1.807) is 11.7 Å². The summed E-state index contributed by atoms with van der Waals surface area (Å²) in [6, 6.07) is 0. The van der Waals surface area contributed by atoms with Gasteiger partial charge in [0, 0.05) is 11.5 Å². The van der Waals surface area contributed by atoms with Crippen LogP contribution < -0.4 is 0 Å². The maximum absolute atomic E-state index is 10.8. The Balaban J connectivity index is 2.26. The Labute approximate surface area is 106 Å². The van der Waals surface area contributed by atoms with Crippen LogP contribution in [0.15, 0.2) is 6.20 Å². The van der Waals surface area contributed by atoms with Crippen molar-refractivity contribution in [2.24, 2.45) is 7.05 Å². The molecule has 6 nitrogen and oxygen atoms in total. The van der Waals surface area contributed by atoms with Crippen LogP contribution in [0.1, 0.15) is 24.6 Å². The van der Waals surface area contributed by atoms with Crippen molar-refractivity contribution in [2.45, 2.75) is 25.0 Å². The van der Waals surface area contributed by atoms with Crippen LogP contribution in [0.2, 0.25) is 0 Å². The highest BCUT2D eigenvalue weighted by Crippen LogP contribution is 2.37. The first-order chi connectivity index (χ1) is 7.63. The van der Waals surface area contributed by atoms with Crippen molar-refractivity contribution >= 4 is 28.3 Å². The molecule has 2 heterocycles. The highest BCUT2D eigenvalue weighted by molar-refractivity contribution is 14.1. The molecule has 7 heteroatoms. The van der Waals surface area contributed by atoms with Gasteiger partial charge in [-0.15, -0.1) is 0 Å². The van der Waals surface area contributed by atoms with Crippen LogP contribution in [-0.2, 0) is 11.8 Å². The van der Waals surface area contributed by atoms with Crippen LogP contribution >= 0.6 is 22.6 Å². The molecule has 0 amide bonds. The molecule has 0 bridgehead atoms. The topological polar surface area (TPSA) is 70.2 Å². The summed E-state index contributed by atoms with van der Waals surface area (Å²) >= 11 is 2.27. The van der Waals surface area contributed by atoms with Crippen molar-refractivity contribution in [2.75, 3.05) is 4.43 Å². The highest BCUT2D eigenvalue weighted by atomic mass is 127. The van der Waals surface area contributed by atoms with Gasteiger partial charge in [-0.25, -0.2) is 0 Å². The van der Waals surface area contributed by atoms with Crippen LogP contribution in [0.3, 0.4) is 0 Å². The number of halogens is 1. The molecule has 2 atom stereocenters. The number of aryl methyl sites for hydroxylation is 1. The number of nitrogens with zero attached hydrogens (tertiary/aromatic N) is 3. The standard InChI is InChI=1S/C9H12IN3O3/c1-12-9(7(5-11-12)13(14)15)8-3-2-6(4-10)16-8/h5-6,8H,2-4H2,1H3/t6-,8+/m1/s1. The Hall–Kier alpha value is -0.700. The van der Waals surface area contributed by atoms with Crippen LogP contribution in [-0.4, -0.2) is 25.2 Å². The number of aromatic nitrogens is 2. The Morgan fingerprint density at radius 2 is 2.50 bits per heavy atom. The normalized spacial score (nSPS) is 24.9. The zero-order chi connectivity index (χ0) is 11.7. The summed E-state index contributed by atoms with van der Waals surface area (Å²) in [7, 11) is 1.71. The maximum atomic E-state index is 10.8. The largest absolute Gasteiger partial charge is 0.368 e. The molecule has 1 aromatic rings. The second-order valence-electron chi connectivity index (χ2n) is 3.77.